The van der Waals surface area contributed by atoms with Gasteiger partial charge in [0.2, 0.25) is 0 Å². The highest BCUT2D eigenvalue weighted by Gasteiger charge is 2.24. The maximum Gasteiger partial charge on any atom is 0.129 e. The van der Waals surface area contributed by atoms with Crippen molar-refractivity contribution in [2.45, 2.75) is 51.5 Å². The first-order valence-electron chi connectivity index (χ1n) is 6.98. The number of alkyl halides is 1. The third-order valence-electron chi connectivity index (χ3n) is 3.59. The van der Waals surface area contributed by atoms with Gasteiger partial charge >= 0.3 is 0 Å². The minimum atomic E-state index is 0.565. The van der Waals surface area contributed by atoms with Crippen LogP contribution in [0.3, 0.4) is 0 Å². The second-order valence-corrected chi connectivity index (χ2v) is 5.91. The lowest BCUT2D eigenvalue weighted by atomic mass is 10.1. The molecule has 0 unspecified atom stereocenters. The van der Waals surface area contributed by atoms with E-state index in [-0.39, 0.29) is 0 Å². The third-order valence-corrected chi connectivity index (χ3v) is 3.89. The molecular formula is C15H23ClN2. The van der Waals surface area contributed by atoms with E-state index >= 15 is 0 Å². The molecule has 2 rings (SSSR count). The number of aromatic nitrogens is 1. The van der Waals surface area contributed by atoms with Crippen LogP contribution in [-0.2, 0) is 5.88 Å². The van der Waals surface area contributed by atoms with Crippen molar-refractivity contribution in [1.82, 2.24) is 4.98 Å². The molecule has 1 aromatic heterocycles. The van der Waals surface area contributed by atoms with E-state index in [4.69, 9.17) is 11.6 Å². The van der Waals surface area contributed by atoms with Gasteiger partial charge in [-0.25, -0.2) is 4.98 Å². The van der Waals surface area contributed by atoms with Crippen LogP contribution in [0.1, 0.15) is 45.1 Å². The number of anilines is 1. The third kappa shape index (κ3) is 3.38. The molecule has 100 valence electrons. The average Bonchev–Trinajstić information content (AvgIpc) is 2.89. The Morgan fingerprint density at radius 1 is 1.39 bits per heavy atom. The minimum absolute atomic E-state index is 0.565. The first kappa shape index (κ1) is 13.7. The Hall–Kier alpha value is -0.760. The lowest BCUT2D eigenvalue weighted by Gasteiger charge is -2.32. The number of halogens is 1. The average molecular weight is 267 g/mol. The molecule has 3 heteroatoms. The highest BCUT2D eigenvalue weighted by Crippen LogP contribution is 2.28. The highest BCUT2D eigenvalue weighted by molar-refractivity contribution is 6.17. The molecule has 0 radical (unpaired) electrons. The summed E-state index contributed by atoms with van der Waals surface area (Å²) in [5, 5.41) is 0. The van der Waals surface area contributed by atoms with Gasteiger partial charge in [0.1, 0.15) is 5.82 Å². The van der Waals surface area contributed by atoms with Gasteiger partial charge in [-0.15, -0.1) is 11.6 Å². The standard InChI is InChI=1S/C15H23ClN2/c1-12(2)11-18(14-5-3-4-6-14)15-9-13(10-16)7-8-17-15/h7-9,12,14H,3-6,10-11H2,1-2H3. The normalized spacial score (nSPS) is 16.4. The summed E-state index contributed by atoms with van der Waals surface area (Å²) >= 11 is 5.92. The number of hydrogen-bond acceptors (Lipinski definition) is 2. The summed E-state index contributed by atoms with van der Waals surface area (Å²) in [4.78, 5) is 7.05. The fourth-order valence-electron chi connectivity index (χ4n) is 2.74. The van der Waals surface area contributed by atoms with Crippen molar-refractivity contribution in [3.63, 3.8) is 0 Å². The monoisotopic (exact) mass is 266 g/mol. The van der Waals surface area contributed by atoms with E-state index in [1.165, 1.54) is 25.7 Å². The van der Waals surface area contributed by atoms with Crippen LogP contribution in [0.2, 0.25) is 0 Å². The quantitative estimate of drug-likeness (QED) is 0.742. The summed E-state index contributed by atoms with van der Waals surface area (Å²) in [7, 11) is 0. The van der Waals surface area contributed by atoms with E-state index < -0.39 is 0 Å². The molecule has 0 atom stereocenters. The van der Waals surface area contributed by atoms with Crippen LogP contribution in [0.4, 0.5) is 5.82 Å². The molecule has 2 nitrogen and oxygen atoms in total. The molecule has 0 saturated heterocycles. The lowest BCUT2D eigenvalue weighted by Crippen LogP contribution is -2.36. The Kier molecular flexibility index (Phi) is 4.87. The summed E-state index contributed by atoms with van der Waals surface area (Å²) in [5.41, 5.74) is 1.16. The molecule has 1 aliphatic carbocycles. The van der Waals surface area contributed by atoms with Gasteiger partial charge in [0, 0.05) is 24.7 Å². The number of rotatable bonds is 5. The maximum absolute atomic E-state index is 5.92. The van der Waals surface area contributed by atoms with Crippen molar-refractivity contribution in [3.05, 3.63) is 23.9 Å². The van der Waals surface area contributed by atoms with Crippen molar-refractivity contribution in [2.75, 3.05) is 11.4 Å². The molecule has 1 aromatic rings. The summed E-state index contributed by atoms with van der Waals surface area (Å²) in [5.74, 6) is 2.33. The van der Waals surface area contributed by atoms with Crippen LogP contribution in [0, 0.1) is 5.92 Å². The van der Waals surface area contributed by atoms with E-state index in [1.807, 2.05) is 12.3 Å². The smallest absolute Gasteiger partial charge is 0.129 e. The van der Waals surface area contributed by atoms with E-state index in [9.17, 15) is 0 Å². The molecule has 0 aromatic carbocycles. The van der Waals surface area contributed by atoms with Crippen molar-refractivity contribution >= 4 is 17.4 Å². The summed E-state index contributed by atoms with van der Waals surface area (Å²) in [6.07, 6.45) is 7.21. The predicted octanol–water partition coefficient (Wildman–Crippen LogP) is 4.23. The zero-order chi connectivity index (χ0) is 13.0. The van der Waals surface area contributed by atoms with Gasteiger partial charge in [0.05, 0.1) is 0 Å². The molecule has 0 aliphatic heterocycles. The van der Waals surface area contributed by atoms with Crippen molar-refractivity contribution in [1.29, 1.82) is 0 Å². The molecule has 0 N–H and O–H groups in total. The second kappa shape index (κ2) is 6.42. The van der Waals surface area contributed by atoms with Gasteiger partial charge in [-0.05, 0) is 36.5 Å². The van der Waals surface area contributed by atoms with Gasteiger partial charge < -0.3 is 4.90 Å². The number of pyridine rings is 1. The van der Waals surface area contributed by atoms with Crippen LogP contribution in [0.5, 0.6) is 0 Å². The zero-order valence-corrected chi connectivity index (χ0v) is 12.2. The Labute approximate surface area is 115 Å². The molecule has 1 saturated carbocycles. The Morgan fingerprint density at radius 3 is 2.72 bits per heavy atom. The maximum atomic E-state index is 5.92. The molecule has 0 amide bonds. The van der Waals surface area contributed by atoms with Crippen LogP contribution >= 0.6 is 11.6 Å². The predicted molar refractivity (Wildman–Crippen MR) is 78.2 cm³/mol. The van der Waals surface area contributed by atoms with Gasteiger partial charge in [-0.1, -0.05) is 26.7 Å². The minimum Gasteiger partial charge on any atom is -0.353 e. The largest absolute Gasteiger partial charge is 0.353 e. The van der Waals surface area contributed by atoms with Gasteiger partial charge in [0.25, 0.3) is 0 Å². The molecule has 0 spiro atoms. The first-order chi connectivity index (χ1) is 8.70. The molecule has 1 heterocycles. The van der Waals surface area contributed by atoms with Gasteiger partial charge in [-0.2, -0.15) is 0 Å². The Bertz CT molecular complexity index is 373. The zero-order valence-electron chi connectivity index (χ0n) is 11.4. The van der Waals surface area contributed by atoms with E-state index in [1.54, 1.807) is 0 Å². The second-order valence-electron chi connectivity index (χ2n) is 5.64. The summed E-state index contributed by atoms with van der Waals surface area (Å²) in [6.45, 7) is 5.63. The van der Waals surface area contributed by atoms with Gasteiger partial charge in [-0.3, -0.25) is 0 Å². The van der Waals surface area contributed by atoms with E-state index in [2.05, 4.69) is 29.8 Å². The lowest BCUT2D eigenvalue weighted by molar-refractivity contribution is 0.531. The topological polar surface area (TPSA) is 16.1 Å². The van der Waals surface area contributed by atoms with Crippen molar-refractivity contribution < 1.29 is 0 Å². The number of hydrogen-bond donors (Lipinski definition) is 0. The Balaban J connectivity index is 2.20. The molecular weight excluding hydrogens is 244 g/mol. The van der Waals surface area contributed by atoms with Gasteiger partial charge in [0.15, 0.2) is 0 Å². The molecule has 1 fully saturated rings. The van der Waals surface area contributed by atoms with E-state index in [0.717, 1.165) is 17.9 Å². The Morgan fingerprint density at radius 2 is 2.11 bits per heavy atom. The van der Waals surface area contributed by atoms with Crippen molar-refractivity contribution in [3.8, 4) is 0 Å². The number of nitrogens with zero attached hydrogens (tertiary/aromatic N) is 2. The summed E-state index contributed by atoms with van der Waals surface area (Å²) in [6, 6.07) is 4.82. The summed E-state index contributed by atoms with van der Waals surface area (Å²) < 4.78 is 0. The van der Waals surface area contributed by atoms with E-state index in [0.29, 0.717) is 17.8 Å². The van der Waals surface area contributed by atoms with Crippen LogP contribution in [0.25, 0.3) is 0 Å². The SMILES string of the molecule is CC(C)CN(c1cc(CCl)ccn1)C1CCCC1. The van der Waals surface area contributed by atoms with Crippen molar-refractivity contribution in [2.24, 2.45) is 5.92 Å². The highest BCUT2D eigenvalue weighted by atomic mass is 35.5. The molecule has 18 heavy (non-hydrogen) atoms. The van der Waals surface area contributed by atoms with Crippen LogP contribution in [-0.4, -0.2) is 17.6 Å². The molecule has 0 bridgehead atoms. The first-order valence-corrected chi connectivity index (χ1v) is 7.51. The fraction of sp³-hybridized carbons (Fsp3) is 0.667. The molecule has 1 aliphatic rings. The fourth-order valence-corrected chi connectivity index (χ4v) is 2.91. The van der Waals surface area contributed by atoms with Crippen LogP contribution < -0.4 is 4.90 Å². The van der Waals surface area contributed by atoms with Crippen LogP contribution in [0.15, 0.2) is 18.3 Å².